The first-order chi connectivity index (χ1) is 3.41. The van der Waals surface area contributed by atoms with Gasteiger partial charge in [0.25, 0.3) is 0 Å². The van der Waals surface area contributed by atoms with Crippen LogP contribution in [0.15, 0.2) is 0 Å². The van der Waals surface area contributed by atoms with Gasteiger partial charge in [-0.05, 0) is 0 Å². The first-order valence-corrected chi connectivity index (χ1v) is 10.7. The molecule has 0 aliphatic rings. The molecule has 0 bridgehead atoms. The Hall–Kier alpha value is 0.223. The summed E-state index contributed by atoms with van der Waals surface area (Å²) in [6.07, 6.45) is 0. The predicted octanol–water partition coefficient (Wildman–Crippen LogP) is 0.414. The third-order valence-corrected chi connectivity index (χ3v) is 7.52. The quantitative estimate of drug-likeness (QED) is 0.360. The Bertz CT molecular complexity index is 97.8. The fourth-order valence-corrected chi connectivity index (χ4v) is 3.84. The van der Waals surface area contributed by atoms with E-state index in [1.54, 1.807) is 0 Å². The Kier molecular flexibility index (Phi) is 6.42. The minimum atomic E-state index is -0.837. The molecule has 0 saturated heterocycles. The van der Waals surface area contributed by atoms with E-state index in [4.69, 9.17) is 10.5 Å². The molecule has 0 unspecified atom stereocenters. The zero-order valence-electron chi connectivity index (χ0n) is 3.42. The number of rotatable bonds is 2. The summed E-state index contributed by atoms with van der Waals surface area (Å²) in [5.41, 5.74) is 0. The van der Waals surface area contributed by atoms with Crippen molar-refractivity contribution < 1.29 is 0 Å². The summed E-state index contributed by atoms with van der Waals surface area (Å²) in [6, 6.07) is 0. The van der Waals surface area contributed by atoms with Crippen molar-refractivity contribution >= 4 is 33.3 Å². The van der Waals surface area contributed by atoms with Crippen molar-refractivity contribution in [1.82, 2.24) is 0 Å². The molecule has 0 saturated carbocycles. The van der Waals surface area contributed by atoms with E-state index in [2.05, 4.69) is 0 Å². The van der Waals surface area contributed by atoms with Crippen LogP contribution in [0.1, 0.15) is 0 Å². The van der Waals surface area contributed by atoms with Gasteiger partial charge in [-0.3, -0.25) is 0 Å². The van der Waals surface area contributed by atoms with Crippen LogP contribution >= 0.6 is 20.2 Å². The fourth-order valence-electron chi connectivity index (χ4n) is 0.0822. The number of nitrogens with zero attached hydrogens (tertiary/aromatic N) is 2. The molecule has 0 aromatic carbocycles. The third-order valence-electron chi connectivity index (χ3n) is 0.247. The van der Waals surface area contributed by atoms with Gasteiger partial charge in [-0.2, -0.15) is 0 Å². The van der Waals surface area contributed by atoms with Crippen LogP contribution in [0, 0.1) is 21.3 Å². The van der Waals surface area contributed by atoms with Crippen LogP contribution in [0.5, 0.6) is 0 Å². The predicted molar refractivity (Wildman–Crippen MR) is 35.0 cm³/mol. The van der Waals surface area contributed by atoms with Crippen LogP contribution in [0.4, 0.5) is 0 Å². The van der Waals surface area contributed by atoms with Gasteiger partial charge in [0.1, 0.15) is 0 Å². The van der Waals surface area contributed by atoms with E-state index in [0.29, 0.717) is 0 Å². The molecular weight excluding hydrogens is 189 g/mol. The maximum atomic E-state index is 7.93. The van der Waals surface area contributed by atoms with Crippen molar-refractivity contribution in [2.24, 2.45) is 0 Å². The fraction of sp³-hybridized carbons (Fsp3) is 0. The summed E-state index contributed by atoms with van der Waals surface area (Å²) < 4.78 is 0. The molecule has 0 aromatic rings. The second kappa shape index (κ2) is 6.22. The van der Waals surface area contributed by atoms with Crippen molar-refractivity contribution in [2.75, 3.05) is 0 Å². The van der Waals surface area contributed by atoms with Crippen molar-refractivity contribution in [1.29, 1.82) is 10.5 Å². The zero-order valence-corrected chi connectivity index (χ0v) is 8.02. The van der Waals surface area contributed by atoms with Crippen LogP contribution in [-0.4, -0.2) is 13.1 Å². The number of thiocyanates is 2. The number of hydrogen-bond acceptors (Lipinski definition) is 4. The van der Waals surface area contributed by atoms with Gasteiger partial charge in [0, 0.05) is 0 Å². The topological polar surface area (TPSA) is 47.6 Å². The Morgan fingerprint density at radius 3 is 1.86 bits per heavy atom. The van der Waals surface area contributed by atoms with Crippen molar-refractivity contribution in [3.8, 4) is 10.8 Å². The van der Waals surface area contributed by atoms with Crippen LogP contribution in [0.25, 0.3) is 0 Å². The Morgan fingerprint density at radius 1 is 1.14 bits per heavy atom. The van der Waals surface area contributed by atoms with Gasteiger partial charge < -0.3 is 0 Å². The molecule has 0 fully saturated rings. The van der Waals surface area contributed by atoms with Gasteiger partial charge in [0.05, 0.1) is 0 Å². The molecule has 7 heavy (non-hydrogen) atoms. The van der Waals surface area contributed by atoms with Crippen LogP contribution in [0.2, 0.25) is 0 Å². The van der Waals surface area contributed by atoms with Gasteiger partial charge in [0.2, 0.25) is 0 Å². The monoisotopic (exact) mass is 192 g/mol. The van der Waals surface area contributed by atoms with Gasteiger partial charge in [0.15, 0.2) is 0 Å². The third kappa shape index (κ3) is 6.22. The summed E-state index contributed by atoms with van der Waals surface area (Å²) in [5, 5.41) is 19.7. The van der Waals surface area contributed by atoms with E-state index < -0.39 is 13.1 Å². The van der Waals surface area contributed by atoms with Crippen LogP contribution < -0.4 is 0 Å². The molecule has 0 aromatic heterocycles. The van der Waals surface area contributed by atoms with E-state index in [-0.39, 0.29) is 0 Å². The average molecular weight is 191 g/mol. The van der Waals surface area contributed by atoms with Gasteiger partial charge in [-0.25, -0.2) is 0 Å². The summed E-state index contributed by atoms with van der Waals surface area (Å²) in [6.45, 7) is 0. The van der Waals surface area contributed by atoms with Crippen molar-refractivity contribution in [3.05, 3.63) is 0 Å². The van der Waals surface area contributed by atoms with Gasteiger partial charge >= 0.3 is 54.6 Å². The van der Waals surface area contributed by atoms with Crippen molar-refractivity contribution in [3.63, 3.8) is 0 Å². The Balaban J connectivity index is 2.77. The summed E-state index contributed by atoms with van der Waals surface area (Å²) >= 11 is -0.837. The van der Waals surface area contributed by atoms with Crippen LogP contribution in [0.3, 0.4) is 0 Å². The van der Waals surface area contributed by atoms with E-state index >= 15 is 0 Å². The summed E-state index contributed by atoms with van der Waals surface area (Å²) in [4.78, 5) is 0. The number of hydrogen-bond donors (Lipinski definition) is 0. The molecule has 0 N–H and O–H groups in total. The second-order valence-corrected chi connectivity index (χ2v) is 10.6. The second-order valence-electron chi connectivity index (χ2n) is 0.589. The van der Waals surface area contributed by atoms with Crippen LogP contribution in [-0.2, 0) is 0 Å². The molecule has 2 nitrogen and oxygen atoms in total. The van der Waals surface area contributed by atoms with Gasteiger partial charge in [-0.15, -0.1) is 0 Å². The zero-order chi connectivity index (χ0) is 5.54. The Labute approximate surface area is 54.8 Å². The van der Waals surface area contributed by atoms with E-state index in [1.165, 1.54) is 20.2 Å². The first-order valence-electron chi connectivity index (χ1n) is 1.43. The SMILES string of the molecule is N#C[S][GeH2][S]C#N. The molecule has 0 amide bonds. The first kappa shape index (κ1) is 7.22. The van der Waals surface area contributed by atoms with Crippen molar-refractivity contribution in [2.45, 2.75) is 0 Å². The van der Waals surface area contributed by atoms with E-state index in [9.17, 15) is 0 Å². The molecule has 5 heteroatoms. The molecule has 0 atom stereocenters. The molecule has 36 valence electrons. The molecule has 0 aliphatic heterocycles. The normalized spacial score (nSPS) is 6.57. The molecule has 0 heterocycles. The summed E-state index contributed by atoms with van der Waals surface area (Å²) in [5.74, 6) is 0. The number of nitriles is 2. The molecule has 0 rings (SSSR count). The molecule has 0 aliphatic carbocycles. The summed E-state index contributed by atoms with van der Waals surface area (Å²) in [7, 11) is 2.53. The molecular formula is C2H2GeN2S2. The molecule has 0 radical (unpaired) electrons. The van der Waals surface area contributed by atoms with E-state index in [0.717, 1.165) is 0 Å². The average Bonchev–Trinajstić information content (AvgIpc) is 1.69. The minimum absolute atomic E-state index is 0.837. The maximum absolute atomic E-state index is 7.93. The standard InChI is InChI=1S/C2H2GeN2S2/c4-1-6-3-7-2-5/h3H2. The van der Waals surface area contributed by atoms with Gasteiger partial charge in [-0.1, -0.05) is 0 Å². The molecule has 0 spiro atoms. The Morgan fingerprint density at radius 2 is 1.57 bits per heavy atom. The van der Waals surface area contributed by atoms with E-state index in [1.807, 2.05) is 10.8 Å².